The molecule has 1 unspecified atom stereocenters. The molecule has 0 radical (unpaired) electrons. The van der Waals surface area contributed by atoms with Crippen molar-refractivity contribution < 1.29 is 42.2 Å². The molecule has 2 aliphatic carbocycles. The summed E-state index contributed by atoms with van der Waals surface area (Å²) < 4.78 is 4.25. The van der Waals surface area contributed by atoms with Gasteiger partial charge in [0.1, 0.15) is 0 Å². The average molecular weight is 475 g/mol. The van der Waals surface area contributed by atoms with Crippen molar-refractivity contribution in [3.8, 4) is 11.1 Å². The molecule has 158 valence electrons. The van der Waals surface area contributed by atoms with Crippen LogP contribution in [0.1, 0.15) is 56.9 Å². The SMILES string of the molecule is CC1=[C]([Ti+2](=[C](C(C)C)C(C)C)[CH]2c3ccccc3-c3ccccc32)C(C)C=C1.[Cl-].[Cl-]. The molecule has 0 saturated carbocycles. The maximum Gasteiger partial charge on any atom is -1.00 e. The fourth-order valence-corrected chi connectivity index (χ4v) is 12.4. The van der Waals surface area contributed by atoms with Crippen molar-refractivity contribution in [3.63, 3.8) is 0 Å². The van der Waals surface area contributed by atoms with Gasteiger partial charge >= 0.3 is 177 Å². The van der Waals surface area contributed by atoms with Gasteiger partial charge in [-0.3, -0.25) is 0 Å². The molecule has 0 saturated heterocycles. The van der Waals surface area contributed by atoms with Crippen LogP contribution in [0.15, 0.2) is 70.1 Å². The molecule has 0 aliphatic heterocycles. The van der Waals surface area contributed by atoms with Crippen LogP contribution in [0.5, 0.6) is 0 Å². The van der Waals surface area contributed by atoms with Crippen LogP contribution in [0.4, 0.5) is 0 Å². The van der Waals surface area contributed by atoms with Gasteiger partial charge in [0, 0.05) is 0 Å². The summed E-state index contributed by atoms with van der Waals surface area (Å²) in [6.07, 6.45) is 4.82. The van der Waals surface area contributed by atoms with E-state index < -0.39 is 17.4 Å². The zero-order valence-electron chi connectivity index (χ0n) is 18.8. The second-order valence-electron chi connectivity index (χ2n) is 9.03. The first kappa shape index (κ1) is 25.3. The van der Waals surface area contributed by atoms with E-state index in [1.165, 1.54) is 11.1 Å². The van der Waals surface area contributed by atoms with E-state index in [4.69, 9.17) is 0 Å². The van der Waals surface area contributed by atoms with Crippen LogP contribution >= 0.6 is 0 Å². The predicted octanol–water partition coefficient (Wildman–Crippen LogP) is 1.35. The third-order valence-corrected chi connectivity index (χ3v) is 13.4. The van der Waals surface area contributed by atoms with Gasteiger partial charge in [-0.25, -0.2) is 0 Å². The standard InChI is InChI=1S/C13H9.C7H9.C7H14.2ClH.Ti/c1-3-7-12-10(5-1)9-11-6-2-4-8-13(11)12;1-6-3-4-7(2)5-6;1-6(2)5-7(3)4;;;/h1-9H;3-4,6H,1-2H3;6-7H,1-4H3;2*1H;/q;;;;;+2/p-2. The van der Waals surface area contributed by atoms with Crippen molar-refractivity contribution in [3.05, 3.63) is 81.3 Å². The van der Waals surface area contributed by atoms with Crippen LogP contribution in [0.25, 0.3) is 11.1 Å². The summed E-state index contributed by atoms with van der Waals surface area (Å²) >= 11 is -1.80. The zero-order valence-corrected chi connectivity index (χ0v) is 21.9. The molecule has 0 fully saturated rings. The largest absolute Gasteiger partial charge is 1.00 e. The summed E-state index contributed by atoms with van der Waals surface area (Å²) in [5.74, 6) is 1.87. The summed E-state index contributed by atoms with van der Waals surface area (Å²) in [5, 5.41) is 0. The predicted molar refractivity (Wildman–Crippen MR) is 119 cm³/mol. The van der Waals surface area contributed by atoms with Crippen molar-refractivity contribution >= 4 is 3.81 Å². The average Bonchev–Trinajstić information content (AvgIpc) is 3.16. The molecule has 1 atom stereocenters. The van der Waals surface area contributed by atoms with E-state index in [-0.39, 0.29) is 24.8 Å². The molecule has 0 N–H and O–H groups in total. The normalized spacial score (nSPS) is 16.7. The van der Waals surface area contributed by atoms with Crippen molar-refractivity contribution in [2.75, 3.05) is 0 Å². The van der Waals surface area contributed by atoms with Crippen molar-refractivity contribution in [2.45, 2.75) is 45.8 Å². The van der Waals surface area contributed by atoms with Gasteiger partial charge in [0.15, 0.2) is 0 Å². The Kier molecular flexibility index (Phi) is 8.56. The Morgan fingerprint density at radius 2 is 1.27 bits per heavy atom. The Hall–Kier alpha value is -0.916. The maximum atomic E-state index is 2.43. The zero-order chi connectivity index (χ0) is 20.0. The second-order valence-corrected chi connectivity index (χ2v) is 13.0. The molecule has 0 heterocycles. The first-order valence-corrected chi connectivity index (χ1v) is 13.2. The topological polar surface area (TPSA) is 0 Å². The van der Waals surface area contributed by atoms with Crippen molar-refractivity contribution in [1.82, 2.24) is 0 Å². The van der Waals surface area contributed by atoms with Gasteiger partial charge in [-0.2, -0.15) is 0 Å². The summed E-state index contributed by atoms with van der Waals surface area (Å²) in [4.78, 5) is 0. The number of fused-ring (bicyclic) bond motifs is 3. The Labute approximate surface area is 201 Å². The molecule has 0 bridgehead atoms. The minimum absolute atomic E-state index is 0. The monoisotopic (exact) mass is 474 g/mol. The second kappa shape index (κ2) is 10.1. The van der Waals surface area contributed by atoms with Gasteiger partial charge < -0.3 is 24.8 Å². The fraction of sp³-hybridized carbons (Fsp3) is 0.370. The van der Waals surface area contributed by atoms with Crippen molar-refractivity contribution in [2.24, 2.45) is 17.8 Å². The van der Waals surface area contributed by atoms with Crippen LogP contribution in [-0.4, -0.2) is 3.81 Å². The van der Waals surface area contributed by atoms with E-state index in [1.54, 1.807) is 20.6 Å². The summed E-state index contributed by atoms with van der Waals surface area (Å²) in [6, 6.07) is 18.4. The Balaban J connectivity index is 0.00000160. The fourth-order valence-electron chi connectivity index (χ4n) is 5.52. The molecule has 4 rings (SSSR count). The van der Waals surface area contributed by atoms with Crippen LogP contribution in [0.2, 0.25) is 0 Å². The smallest absolute Gasteiger partial charge is 1.00 e. The molecule has 0 spiro atoms. The molecule has 3 heteroatoms. The minimum Gasteiger partial charge on any atom is -1.00 e. The third-order valence-electron chi connectivity index (χ3n) is 6.48. The first-order valence-electron chi connectivity index (χ1n) is 10.7. The number of rotatable bonds is 4. The van der Waals surface area contributed by atoms with E-state index in [0.717, 1.165) is 0 Å². The maximum absolute atomic E-state index is 2.43. The summed E-state index contributed by atoms with van der Waals surface area (Å²) in [6.45, 7) is 14.5. The van der Waals surface area contributed by atoms with Crippen molar-refractivity contribution in [1.29, 1.82) is 0 Å². The van der Waals surface area contributed by atoms with Gasteiger partial charge in [-0.05, 0) is 0 Å². The van der Waals surface area contributed by atoms with Crippen LogP contribution in [-0.2, 0) is 17.4 Å². The Morgan fingerprint density at radius 1 is 0.800 bits per heavy atom. The van der Waals surface area contributed by atoms with E-state index in [0.29, 0.717) is 22.0 Å². The van der Waals surface area contributed by atoms with Gasteiger partial charge in [-0.15, -0.1) is 0 Å². The number of hydrogen-bond acceptors (Lipinski definition) is 0. The molecular weight excluding hydrogens is 443 g/mol. The Bertz CT molecular complexity index is 956. The number of allylic oxidation sites excluding steroid dienone is 4. The summed E-state index contributed by atoms with van der Waals surface area (Å²) in [5.41, 5.74) is 7.64. The van der Waals surface area contributed by atoms with Gasteiger partial charge in [0.2, 0.25) is 0 Å². The molecular formula is C27H32Cl2Ti. The van der Waals surface area contributed by atoms with Gasteiger partial charge in [0.25, 0.3) is 0 Å². The molecule has 30 heavy (non-hydrogen) atoms. The van der Waals surface area contributed by atoms with E-state index in [2.05, 4.69) is 102 Å². The van der Waals surface area contributed by atoms with Gasteiger partial charge in [0.05, 0.1) is 0 Å². The quantitative estimate of drug-likeness (QED) is 0.586. The molecule has 0 nitrogen and oxygen atoms in total. The first-order chi connectivity index (χ1) is 13.4. The Morgan fingerprint density at radius 3 is 1.67 bits per heavy atom. The molecule has 2 aliphatic rings. The number of benzene rings is 2. The van der Waals surface area contributed by atoms with Crippen LogP contribution < -0.4 is 24.8 Å². The molecule has 0 amide bonds. The minimum atomic E-state index is -1.80. The van der Waals surface area contributed by atoms with Gasteiger partial charge in [-0.1, -0.05) is 0 Å². The molecule has 0 aromatic heterocycles. The van der Waals surface area contributed by atoms with Crippen LogP contribution in [0.3, 0.4) is 0 Å². The van der Waals surface area contributed by atoms with E-state index >= 15 is 0 Å². The third kappa shape index (κ3) is 4.22. The molecule has 2 aromatic carbocycles. The van der Waals surface area contributed by atoms with E-state index in [9.17, 15) is 0 Å². The van der Waals surface area contributed by atoms with Crippen LogP contribution in [0, 0.1) is 17.8 Å². The summed E-state index contributed by atoms with van der Waals surface area (Å²) in [7, 11) is 0. The number of halogens is 2. The molecule has 2 aromatic rings. The number of hydrogen-bond donors (Lipinski definition) is 0. The van der Waals surface area contributed by atoms with E-state index in [1.807, 2.05) is 3.81 Å².